The van der Waals surface area contributed by atoms with Crippen LogP contribution in [0.5, 0.6) is 0 Å². The molecular weight excluding hydrogens is 248 g/mol. The Labute approximate surface area is 121 Å². The summed E-state index contributed by atoms with van der Waals surface area (Å²) in [5, 5.41) is 3.13. The molecule has 1 unspecified atom stereocenters. The Morgan fingerprint density at radius 2 is 2.15 bits per heavy atom. The molecule has 2 bridgehead atoms. The minimum Gasteiger partial charge on any atom is -0.346 e. The largest absolute Gasteiger partial charge is 0.346 e. The van der Waals surface area contributed by atoms with Crippen molar-refractivity contribution >= 4 is 5.91 Å². The van der Waals surface area contributed by atoms with Crippen LogP contribution in [-0.2, 0) is 0 Å². The third kappa shape index (κ3) is 2.73. The van der Waals surface area contributed by atoms with Crippen molar-refractivity contribution in [1.82, 2.24) is 5.32 Å². The number of hydrogen-bond acceptors (Lipinski definition) is 1. The summed E-state index contributed by atoms with van der Waals surface area (Å²) in [6.07, 6.45) is 4.00. The molecule has 4 atom stereocenters. The molecule has 0 aliphatic carbocycles. The number of nitrogens with one attached hydrogen (secondary N) is 2. The predicted molar refractivity (Wildman–Crippen MR) is 79.8 cm³/mol. The lowest BCUT2D eigenvalue weighted by molar-refractivity contribution is -0.945. The number of rotatable bonds is 4. The van der Waals surface area contributed by atoms with Gasteiger partial charge < -0.3 is 10.2 Å². The van der Waals surface area contributed by atoms with Crippen molar-refractivity contribution in [2.24, 2.45) is 11.8 Å². The monoisotopic (exact) mass is 273 g/mol. The number of piperidine rings is 3. The van der Waals surface area contributed by atoms with Crippen LogP contribution >= 0.6 is 0 Å². The molecule has 4 rings (SSSR count). The van der Waals surface area contributed by atoms with E-state index < -0.39 is 0 Å². The topological polar surface area (TPSA) is 33.5 Å². The lowest BCUT2D eigenvalue weighted by atomic mass is 9.74. The van der Waals surface area contributed by atoms with Crippen molar-refractivity contribution < 1.29 is 9.69 Å². The van der Waals surface area contributed by atoms with Gasteiger partial charge in [0, 0.05) is 24.3 Å². The summed E-state index contributed by atoms with van der Waals surface area (Å²) in [5.41, 5.74) is 0.768. The van der Waals surface area contributed by atoms with Crippen LogP contribution in [0.2, 0.25) is 0 Å². The zero-order chi connectivity index (χ0) is 13.9. The van der Waals surface area contributed by atoms with E-state index in [4.69, 9.17) is 0 Å². The van der Waals surface area contributed by atoms with Crippen molar-refractivity contribution in [3.05, 3.63) is 35.9 Å². The van der Waals surface area contributed by atoms with Gasteiger partial charge in [0.2, 0.25) is 0 Å². The van der Waals surface area contributed by atoms with Crippen molar-refractivity contribution in [1.29, 1.82) is 0 Å². The molecule has 1 aromatic rings. The van der Waals surface area contributed by atoms with E-state index in [1.807, 2.05) is 30.3 Å². The third-order valence-corrected chi connectivity index (χ3v) is 5.26. The summed E-state index contributed by atoms with van der Waals surface area (Å²) in [6.45, 7) is 5.76. The number of amides is 1. The van der Waals surface area contributed by atoms with Gasteiger partial charge >= 0.3 is 0 Å². The molecule has 2 N–H and O–H groups in total. The molecule has 3 aliphatic heterocycles. The molecule has 3 saturated heterocycles. The Hall–Kier alpha value is -1.35. The fraction of sp³-hybridized carbons (Fsp3) is 0.588. The molecule has 3 fully saturated rings. The van der Waals surface area contributed by atoms with Crippen molar-refractivity contribution in [2.45, 2.75) is 32.2 Å². The summed E-state index contributed by atoms with van der Waals surface area (Å²) >= 11 is 0. The fourth-order valence-corrected chi connectivity index (χ4v) is 4.04. The first-order valence-electron chi connectivity index (χ1n) is 7.95. The lowest BCUT2D eigenvalue weighted by Gasteiger charge is -2.46. The number of benzene rings is 1. The molecule has 0 saturated carbocycles. The minimum atomic E-state index is 0.0692. The molecule has 3 heterocycles. The van der Waals surface area contributed by atoms with Gasteiger partial charge in [0.25, 0.3) is 5.91 Å². The molecule has 1 aromatic carbocycles. The smallest absolute Gasteiger partial charge is 0.251 e. The lowest BCUT2D eigenvalue weighted by Crippen LogP contribution is -3.20. The van der Waals surface area contributed by atoms with Crippen LogP contribution in [0.1, 0.15) is 36.5 Å². The number of carbonyl (C=O) groups is 1. The van der Waals surface area contributed by atoms with E-state index in [1.165, 1.54) is 32.4 Å². The molecule has 3 heteroatoms. The predicted octanol–water partition coefficient (Wildman–Crippen LogP) is 1.12. The first-order chi connectivity index (χ1) is 9.78. The van der Waals surface area contributed by atoms with Gasteiger partial charge in [-0.3, -0.25) is 4.79 Å². The molecule has 0 spiro atoms. The van der Waals surface area contributed by atoms with Crippen LogP contribution in [0.3, 0.4) is 0 Å². The molecule has 0 radical (unpaired) electrons. The van der Waals surface area contributed by atoms with Gasteiger partial charge in [0.05, 0.1) is 19.6 Å². The summed E-state index contributed by atoms with van der Waals surface area (Å²) < 4.78 is 0. The molecule has 3 nitrogen and oxygen atoms in total. The van der Waals surface area contributed by atoms with E-state index in [0.29, 0.717) is 6.04 Å². The molecular formula is C17H25N2O+. The second-order valence-corrected chi connectivity index (χ2v) is 6.34. The van der Waals surface area contributed by atoms with Crippen LogP contribution in [0.25, 0.3) is 0 Å². The highest BCUT2D eigenvalue weighted by molar-refractivity contribution is 5.94. The Morgan fingerprint density at radius 3 is 2.80 bits per heavy atom. The summed E-state index contributed by atoms with van der Waals surface area (Å²) in [6, 6.07) is 10.2. The highest BCUT2D eigenvalue weighted by Gasteiger charge is 2.42. The van der Waals surface area contributed by atoms with Gasteiger partial charge in [-0.1, -0.05) is 25.1 Å². The second-order valence-electron chi connectivity index (χ2n) is 6.34. The van der Waals surface area contributed by atoms with E-state index in [9.17, 15) is 4.79 Å². The summed E-state index contributed by atoms with van der Waals surface area (Å²) in [4.78, 5) is 13.8. The van der Waals surface area contributed by atoms with Gasteiger partial charge in [-0.15, -0.1) is 0 Å². The van der Waals surface area contributed by atoms with Gasteiger partial charge in [-0.25, -0.2) is 0 Å². The van der Waals surface area contributed by atoms with E-state index in [0.717, 1.165) is 23.9 Å². The maximum Gasteiger partial charge on any atom is 0.251 e. The van der Waals surface area contributed by atoms with E-state index in [1.54, 1.807) is 4.90 Å². The second kappa shape index (κ2) is 5.96. The molecule has 20 heavy (non-hydrogen) atoms. The Bertz CT molecular complexity index is 459. The highest BCUT2D eigenvalue weighted by Crippen LogP contribution is 2.28. The first-order valence-corrected chi connectivity index (χ1v) is 7.95. The molecule has 3 aliphatic rings. The van der Waals surface area contributed by atoms with Crippen LogP contribution < -0.4 is 10.2 Å². The number of hydrogen-bond donors (Lipinski definition) is 2. The van der Waals surface area contributed by atoms with Crippen LogP contribution in [0.4, 0.5) is 0 Å². The molecule has 108 valence electrons. The average Bonchev–Trinajstić information content (AvgIpc) is 2.53. The standard InChI is InChI=1S/C17H24N2O/c1-2-13-12-19-9-8-15(13)10-16(19)11-18-17(20)14-6-4-3-5-7-14/h3-7,13,15-16H,2,8-12H2,1H3,(H,18,20)/p+1/t13-,15-,16+/m0/s1. The van der Waals surface area contributed by atoms with Crippen LogP contribution in [-0.4, -0.2) is 31.6 Å². The van der Waals surface area contributed by atoms with Crippen LogP contribution in [0.15, 0.2) is 30.3 Å². The number of carbonyl (C=O) groups excluding carboxylic acids is 1. The zero-order valence-electron chi connectivity index (χ0n) is 12.3. The normalized spacial score (nSPS) is 32.0. The van der Waals surface area contributed by atoms with Crippen LogP contribution in [0, 0.1) is 11.8 Å². The minimum absolute atomic E-state index is 0.0692. The van der Waals surface area contributed by atoms with Crippen molar-refractivity contribution in [3.8, 4) is 0 Å². The van der Waals surface area contributed by atoms with Gasteiger partial charge in [-0.2, -0.15) is 0 Å². The third-order valence-electron chi connectivity index (χ3n) is 5.26. The van der Waals surface area contributed by atoms with Gasteiger partial charge in [-0.05, 0) is 24.5 Å². The Morgan fingerprint density at radius 1 is 1.35 bits per heavy atom. The van der Waals surface area contributed by atoms with Crippen molar-refractivity contribution in [2.75, 3.05) is 19.6 Å². The van der Waals surface area contributed by atoms with Gasteiger partial charge in [0.15, 0.2) is 0 Å². The Balaban J connectivity index is 1.54. The maximum absolute atomic E-state index is 12.1. The zero-order valence-corrected chi connectivity index (χ0v) is 12.3. The molecule has 1 amide bonds. The maximum atomic E-state index is 12.1. The Kier molecular flexibility index (Phi) is 4.06. The number of quaternary nitrogens is 1. The van der Waals surface area contributed by atoms with E-state index in [2.05, 4.69) is 12.2 Å². The van der Waals surface area contributed by atoms with E-state index in [-0.39, 0.29) is 5.91 Å². The van der Waals surface area contributed by atoms with Gasteiger partial charge in [0.1, 0.15) is 6.04 Å². The summed E-state index contributed by atoms with van der Waals surface area (Å²) in [5.74, 6) is 1.88. The quantitative estimate of drug-likeness (QED) is 0.847. The molecule has 0 aromatic heterocycles. The SMILES string of the molecule is CC[C@H]1C[NH+]2CC[C@H]1C[C@@H]2CNC(=O)c1ccccc1. The fourth-order valence-electron chi connectivity index (χ4n) is 4.04. The van der Waals surface area contributed by atoms with E-state index >= 15 is 0 Å². The van der Waals surface area contributed by atoms with Crippen molar-refractivity contribution in [3.63, 3.8) is 0 Å². The number of fused-ring (bicyclic) bond motifs is 3. The highest BCUT2D eigenvalue weighted by atomic mass is 16.1. The first kappa shape index (κ1) is 13.6. The summed E-state index contributed by atoms with van der Waals surface area (Å²) in [7, 11) is 0. The average molecular weight is 273 g/mol.